The summed E-state index contributed by atoms with van der Waals surface area (Å²) < 4.78 is 1.89. The number of aryl methyl sites for hydroxylation is 1. The number of rotatable bonds is 7. The van der Waals surface area contributed by atoms with Crippen LogP contribution in [0.3, 0.4) is 0 Å². The molecule has 4 rings (SSSR count). The van der Waals surface area contributed by atoms with E-state index in [1.54, 1.807) is 12.4 Å². The van der Waals surface area contributed by atoms with Crippen molar-refractivity contribution in [2.45, 2.75) is 12.1 Å². The molecule has 10 heteroatoms. The Morgan fingerprint density at radius 3 is 2.58 bits per heavy atom. The van der Waals surface area contributed by atoms with Gasteiger partial charge in [-0.05, 0) is 43.3 Å². The third-order valence-corrected chi connectivity index (χ3v) is 5.53. The largest absolute Gasteiger partial charge is 0.508 e. The molecule has 4 aromatic rings. The number of thioether (sulfide) groups is 1. The molecule has 0 saturated carbocycles. The van der Waals surface area contributed by atoms with Crippen LogP contribution in [-0.2, 0) is 4.79 Å². The fourth-order valence-corrected chi connectivity index (χ4v) is 3.70. The Bertz CT molecular complexity index is 1290. The van der Waals surface area contributed by atoms with E-state index in [-0.39, 0.29) is 23.2 Å². The number of benzene rings is 2. The number of amides is 1. The fraction of sp³-hybridized carbons (Fsp3) is 0.0870. The molecule has 0 fully saturated rings. The second kappa shape index (κ2) is 9.96. The number of phenols is 2. The Labute approximate surface area is 193 Å². The third-order valence-electron chi connectivity index (χ3n) is 4.60. The molecule has 0 atom stereocenters. The van der Waals surface area contributed by atoms with Crippen LogP contribution >= 0.6 is 11.8 Å². The quantitative estimate of drug-likeness (QED) is 0.219. The lowest BCUT2D eigenvalue weighted by atomic mass is 10.2. The molecule has 0 aliphatic carbocycles. The van der Waals surface area contributed by atoms with Crippen molar-refractivity contribution in [1.29, 1.82) is 0 Å². The summed E-state index contributed by atoms with van der Waals surface area (Å²) in [4.78, 5) is 16.4. The number of carbonyl (C=O) groups excluding carboxylic acids is 1. The Morgan fingerprint density at radius 2 is 1.85 bits per heavy atom. The van der Waals surface area contributed by atoms with Crippen molar-refractivity contribution in [3.05, 3.63) is 78.1 Å². The first-order valence-electron chi connectivity index (χ1n) is 9.91. The Morgan fingerprint density at radius 1 is 1.09 bits per heavy atom. The summed E-state index contributed by atoms with van der Waals surface area (Å²) in [7, 11) is 0. The summed E-state index contributed by atoms with van der Waals surface area (Å²) in [5.74, 6) is 0.147. The molecule has 0 spiro atoms. The highest BCUT2D eigenvalue weighted by molar-refractivity contribution is 7.99. The smallest absolute Gasteiger partial charge is 0.250 e. The molecule has 2 aromatic carbocycles. The van der Waals surface area contributed by atoms with Crippen LogP contribution in [-0.4, -0.2) is 47.8 Å². The van der Waals surface area contributed by atoms with Gasteiger partial charge in [0.05, 0.1) is 12.0 Å². The minimum atomic E-state index is -0.349. The lowest BCUT2D eigenvalue weighted by Crippen LogP contribution is -2.20. The predicted octanol–water partition coefficient (Wildman–Crippen LogP) is 3.29. The predicted molar refractivity (Wildman–Crippen MR) is 126 cm³/mol. The summed E-state index contributed by atoms with van der Waals surface area (Å²) in [5.41, 5.74) is 5.64. The van der Waals surface area contributed by atoms with Gasteiger partial charge in [0.2, 0.25) is 0 Å². The van der Waals surface area contributed by atoms with Gasteiger partial charge < -0.3 is 10.2 Å². The molecule has 166 valence electrons. The molecule has 0 saturated heterocycles. The number of nitrogens with zero attached hydrogens (tertiary/aromatic N) is 5. The molecule has 1 amide bonds. The number of carbonyl (C=O) groups is 1. The van der Waals surface area contributed by atoms with Gasteiger partial charge >= 0.3 is 0 Å². The summed E-state index contributed by atoms with van der Waals surface area (Å²) in [6, 6.07) is 15.7. The molecule has 0 unspecified atom stereocenters. The van der Waals surface area contributed by atoms with E-state index in [9.17, 15) is 15.0 Å². The van der Waals surface area contributed by atoms with Crippen molar-refractivity contribution in [2.75, 3.05) is 5.75 Å². The number of hydrazone groups is 1. The van der Waals surface area contributed by atoms with Crippen molar-refractivity contribution >= 4 is 23.9 Å². The Hall–Kier alpha value is -4.18. The highest BCUT2D eigenvalue weighted by Gasteiger charge is 2.17. The van der Waals surface area contributed by atoms with Gasteiger partial charge in [0.1, 0.15) is 11.5 Å². The van der Waals surface area contributed by atoms with E-state index in [1.165, 1.54) is 36.2 Å². The highest BCUT2D eigenvalue weighted by Crippen LogP contribution is 2.28. The van der Waals surface area contributed by atoms with Gasteiger partial charge in [-0.1, -0.05) is 29.5 Å². The van der Waals surface area contributed by atoms with E-state index in [4.69, 9.17) is 0 Å². The SMILES string of the molecule is Cc1ccc(-n2c(SCC(=O)NN=Cc3ccc(O)cc3O)nnc2-c2ccncc2)cc1. The zero-order chi connectivity index (χ0) is 23.2. The summed E-state index contributed by atoms with van der Waals surface area (Å²) in [6.45, 7) is 2.01. The monoisotopic (exact) mass is 460 g/mol. The zero-order valence-electron chi connectivity index (χ0n) is 17.6. The average molecular weight is 461 g/mol. The lowest BCUT2D eigenvalue weighted by molar-refractivity contribution is -0.118. The van der Waals surface area contributed by atoms with E-state index in [0.717, 1.165) is 16.8 Å². The fourth-order valence-electron chi connectivity index (χ4n) is 2.96. The lowest BCUT2D eigenvalue weighted by Gasteiger charge is -2.10. The van der Waals surface area contributed by atoms with Crippen LogP contribution in [0.1, 0.15) is 11.1 Å². The standard InChI is InChI=1S/C23H20N6O3S/c1-15-2-5-18(6-3-15)29-22(16-8-10-24-11-9-16)27-28-23(29)33-14-21(32)26-25-13-17-4-7-19(30)12-20(17)31/h2-13,30-31H,14H2,1H3,(H,26,32). The number of aromatic nitrogens is 4. The van der Waals surface area contributed by atoms with E-state index < -0.39 is 0 Å². The Balaban J connectivity index is 1.49. The minimum absolute atomic E-state index is 0.0548. The molecule has 0 bridgehead atoms. The zero-order valence-corrected chi connectivity index (χ0v) is 18.4. The molecule has 0 aliphatic heterocycles. The summed E-state index contributed by atoms with van der Waals surface area (Å²) in [6.07, 6.45) is 4.68. The maximum absolute atomic E-state index is 12.3. The minimum Gasteiger partial charge on any atom is -0.508 e. The number of hydrogen-bond donors (Lipinski definition) is 3. The highest BCUT2D eigenvalue weighted by atomic mass is 32.2. The third kappa shape index (κ3) is 5.36. The molecular weight excluding hydrogens is 440 g/mol. The number of hydrogen-bond acceptors (Lipinski definition) is 8. The summed E-state index contributed by atoms with van der Waals surface area (Å²) in [5, 5.41) is 32.1. The van der Waals surface area contributed by atoms with E-state index in [2.05, 4.69) is 25.7 Å². The van der Waals surface area contributed by atoms with Crippen LogP contribution in [0.2, 0.25) is 0 Å². The van der Waals surface area contributed by atoms with Gasteiger partial charge in [-0.2, -0.15) is 5.10 Å². The normalized spacial score (nSPS) is 11.1. The van der Waals surface area contributed by atoms with Crippen LogP contribution < -0.4 is 5.43 Å². The van der Waals surface area contributed by atoms with Crippen LogP contribution in [0.5, 0.6) is 11.5 Å². The average Bonchev–Trinajstić information content (AvgIpc) is 3.24. The van der Waals surface area contributed by atoms with Crippen molar-refractivity contribution in [3.63, 3.8) is 0 Å². The molecule has 0 aliphatic rings. The number of nitrogens with one attached hydrogen (secondary N) is 1. The molecule has 3 N–H and O–H groups in total. The van der Waals surface area contributed by atoms with Crippen LogP contribution in [0, 0.1) is 6.92 Å². The van der Waals surface area contributed by atoms with Crippen molar-refractivity contribution < 1.29 is 15.0 Å². The first-order valence-corrected chi connectivity index (χ1v) is 10.9. The van der Waals surface area contributed by atoms with Gasteiger partial charge in [0, 0.05) is 35.3 Å². The van der Waals surface area contributed by atoms with Gasteiger partial charge in [-0.3, -0.25) is 14.3 Å². The molecule has 33 heavy (non-hydrogen) atoms. The van der Waals surface area contributed by atoms with Crippen molar-refractivity contribution in [3.8, 4) is 28.6 Å². The molecule has 0 radical (unpaired) electrons. The first-order chi connectivity index (χ1) is 16.0. The van der Waals surface area contributed by atoms with Crippen molar-refractivity contribution in [1.82, 2.24) is 25.2 Å². The maximum Gasteiger partial charge on any atom is 0.250 e. The molecule has 2 aromatic heterocycles. The van der Waals surface area contributed by atoms with Gasteiger partial charge in [-0.15, -0.1) is 10.2 Å². The van der Waals surface area contributed by atoms with E-state index in [0.29, 0.717) is 16.5 Å². The van der Waals surface area contributed by atoms with Crippen molar-refractivity contribution in [2.24, 2.45) is 5.10 Å². The topological polar surface area (TPSA) is 126 Å². The van der Waals surface area contributed by atoms with Crippen LogP contribution in [0.15, 0.2) is 77.2 Å². The van der Waals surface area contributed by atoms with Gasteiger partial charge in [0.25, 0.3) is 5.91 Å². The second-order valence-corrected chi connectivity index (χ2v) is 7.98. The number of pyridine rings is 1. The molecule has 9 nitrogen and oxygen atoms in total. The Kier molecular flexibility index (Phi) is 6.65. The van der Waals surface area contributed by atoms with Gasteiger partial charge in [0.15, 0.2) is 11.0 Å². The van der Waals surface area contributed by atoms with Crippen LogP contribution in [0.25, 0.3) is 17.1 Å². The molecular formula is C23H20N6O3S. The van der Waals surface area contributed by atoms with Crippen LogP contribution in [0.4, 0.5) is 0 Å². The number of phenolic OH excluding ortho intramolecular Hbond substituents is 2. The number of aromatic hydroxyl groups is 2. The van der Waals surface area contributed by atoms with E-state index >= 15 is 0 Å². The maximum atomic E-state index is 12.3. The first kappa shape index (κ1) is 22.0. The molecule has 2 heterocycles. The van der Waals surface area contributed by atoms with E-state index in [1.807, 2.05) is 47.9 Å². The summed E-state index contributed by atoms with van der Waals surface area (Å²) >= 11 is 1.23. The van der Waals surface area contributed by atoms with Gasteiger partial charge in [-0.25, -0.2) is 5.43 Å². The second-order valence-electron chi connectivity index (χ2n) is 7.04.